The highest BCUT2D eigenvalue weighted by molar-refractivity contribution is 9.10. The van der Waals surface area contributed by atoms with Gasteiger partial charge < -0.3 is 9.64 Å². The van der Waals surface area contributed by atoms with Crippen LogP contribution in [0.4, 0.5) is 0 Å². The van der Waals surface area contributed by atoms with Crippen molar-refractivity contribution < 1.29 is 17.9 Å². The number of likely N-dealkylation sites (tertiary alicyclic amines) is 1. The van der Waals surface area contributed by atoms with Gasteiger partial charge in [-0.15, -0.1) is 0 Å². The summed E-state index contributed by atoms with van der Waals surface area (Å²) in [5, 5.41) is -0.312. The molecule has 1 atom stereocenters. The maximum Gasteiger partial charge on any atom is 0.222 e. The highest BCUT2D eigenvalue weighted by Crippen LogP contribution is 2.26. The van der Waals surface area contributed by atoms with Crippen LogP contribution in [0.1, 0.15) is 31.2 Å². The fourth-order valence-electron chi connectivity index (χ4n) is 3.02. The lowest BCUT2D eigenvalue weighted by Crippen LogP contribution is -2.32. The summed E-state index contributed by atoms with van der Waals surface area (Å²) in [4.78, 5) is 14.2. The Bertz CT molecular complexity index is 690. The molecular formula is C17H24BrNO4S. The number of methoxy groups -OCH3 is 1. The van der Waals surface area contributed by atoms with E-state index in [-0.39, 0.29) is 11.2 Å². The van der Waals surface area contributed by atoms with Gasteiger partial charge in [0.05, 0.1) is 16.8 Å². The van der Waals surface area contributed by atoms with Gasteiger partial charge >= 0.3 is 0 Å². The first-order valence-electron chi connectivity index (χ1n) is 8.10. The van der Waals surface area contributed by atoms with E-state index in [2.05, 4.69) is 15.9 Å². The third kappa shape index (κ3) is 5.21. The summed E-state index contributed by atoms with van der Waals surface area (Å²) < 4.78 is 29.5. The quantitative estimate of drug-likeness (QED) is 0.738. The number of sulfone groups is 1. The Hall–Kier alpha value is -1.08. The third-order valence-electron chi connectivity index (χ3n) is 4.48. The summed E-state index contributed by atoms with van der Waals surface area (Å²) in [5.74, 6) is 0.862. The number of benzene rings is 1. The van der Waals surface area contributed by atoms with Gasteiger partial charge in [0.25, 0.3) is 0 Å². The number of amides is 1. The van der Waals surface area contributed by atoms with Crippen LogP contribution in [0.3, 0.4) is 0 Å². The van der Waals surface area contributed by atoms with E-state index in [1.54, 1.807) is 7.11 Å². The van der Waals surface area contributed by atoms with Gasteiger partial charge in [0.2, 0.25) is 5.91 Å². The average molecular weight is 418 g/mol. The van der Waals surface area contributed by atoms with E-state index in [1.165, 1.54) is 6.26 Å². The van der Waals surface area contributed by atoms with Crippen LogP contribution < -0.4 is 4.74 Å². The molecule has 1 aromatic rings. The van der Waals surface area contributed by atoms with E-state index < -0.39 is 9.84 Å². The fourth-order valence-corrected chi connectivity index (χ4v) is 4.73. The molecule has 0 N–H and O–H groups in total. The summed E-state index contributed by atoms with van der Waals surface area (Å²) >= 11 is 3.45. The Morgan fingerprint density at radius 1 is 1.33 bits per heavy atom. The minimum atomic E-state index is -3.02. The number of aryl methyl sites for hydroxylation is 1. The minimum absolute atomic E-state index is 0.0936. The first-order valence-corrected chi connectivity index (χ1v) is 10.8. The molecule has 1 saturated heterocycles. The molecule has 134 valence electrons. The predicted molar refractivity (Wildman–Crippen MR) is 98.1 cm³/mol. The Labute approximate surface area is 152 Å². The Morgan fingerprint density at radius 2 is 2.08 bits per heavy atom. The first kappa shape index (κ1) is 19.2. The average Bonchev–Trinajstić information content (AvgIpc) is 2.78. The van der Waals surface area contributed by atoms with Gasteiger partial charge in [0.1, 0.15) is 15.6 Å². The van der Waals surface area contributed by atoms with Gasteiger partial charge in [-0.25, -0.2) is 8.42 Å². The van der Waals surface area contributed by atoms with Crippen molar-refractivity contribution in [3.05, 3.63) is 28.2 Å². The molecule has 0 aromatic heterocycles. The molecule has 1 amide bonds. The van der Waals surface area contributed by atoms with Gasteiger partial charge in [-0.3, -0.25) is 4.79 Å². The minimum Gasteiger partial charge on any atom is -0.496 e. The van der Waals surface area contributed by atoms with E-state index in [4.69, 9.17) is 4.74 Å². The van der Waals surface area contributed by atoms with Crippen LogP contribution in [0.15, 0.2) is 22.7 Å². The summed E-state index contributed by atoms with van der Waals surface area (Å²) in [7, 11) is -1.40. The molecule has 0 radical (unpaired) electrons. The molecule has 2 rings (SSSR count). The van der Waals surface area contributed by atoms with Crippen LogP contribution in [0.2, 0.25) is 0 Å². The number of ether oxygens (including phenoxy) is 1. The summed E-state index contributed by atoms with van der Waals surface area (Å²) in [6.45, 7) is 1.18. The van der Waals surface area contributed by atoms with Crippen LogP contribution in [0.25, 0.3) is 0 Å². The molecular weight excluding hydrogens is 394 g/mol. The lowest BCUT2D eigenvalue weighted by atomic mass is 10.1. The van der Waals surface area contributed by atoms with Crippen LogP contribution in [0.5, 0.6) is 5.75 Å². The molecule has 24 heavy (non-hydrogen) atoms. The second kappa shape index (κ2) is 8.34. The van der Waals surface area contributed by atoms with E-state index >= 15 is 0 Å². The van der Waals surface area contributed by atoms with Crippen molar-refractivity contribution in [1.29, 1.82) is 0 Å². The molecule has 1 fully saturated rings. The van der Waals surface area contributed by atoms with E-state index in [0.29, 0.717) is 38.8 Å². The maximum absolute atomic E-state index is 12.4. The number of nitrogens with zero attached hydrogens (tertiary/aromatic N) is 1. The zero-order valence-corrected chi connectivity index (χ0v) is 16.5. The predicted octanol–water partition coefficient (Wildman–Crippen LogP) is 2.82. The van der Waals surface area contributed by atoms with Gasteiger partial charge in [-0.2, -0.15) is 0 Å². The number of halogens is 1. The Balaban J connectivity index is 1.89. The van der Waals surface area contributed by atoms with Crippen molar-refractivity contribution in [2.45, 2.75) is 37.4 Å². The van der Waals surface area contributed by atoms with Crippen molar-refractivity contribution in [3.63, 3.8) is 0 Å². The molecule has 1 aliphatic rings. The van der Waals surface area contributed by atoms with Crippen molar-refractivity contribution >= 4 is 31.7 Å². The van der Waals surface area contributed by atoms with Crippen molar-refractivity contribution in [2.24, 2.45) is 0 Å². The maximum atomic E-state index is 12.4. The largest absolute Gasteiger partial charge is 0.496 e. The third-order valence-corrected chi connectivity index (χ3v) is 6.78. The van der Waals surface area contributed by atoms with Crippen molar-refractivity contribution in [2.75, 3.05) is 26.5 Å². The lowest BCUT2D eigenvalue weighted by molar-refractivity contribution is -0.131. The molecule has 0 bridgehead atoms. The van der Waals surface area contributed by atoms with Crippen LogP contribution in [0, 0.1) is 0 Å². The zero-order chi connectivity index (χ0) is 17.7. The van der Waals surface area contributed by atoms with Gasteiger partial charge in [-0.05, 0) is 59.3 Å². The smallest absolute Gasteiger partial charge is 0.222 e. The van der Waals surface area contributed by atoms with Crippen LogP contribution >= 0.6 is 15.9 Å². The number of carbonyl (C=O) groups is 1. The summed E-state index contributed by atoms with van der Waals surface area (Å²) in [6, 6.07) is 5.81. The summed E-state index contributed by atoms with van der Waals surface area (Å²) in [6.07, 6.45) is 4.32. The van der Waals surface area contributed by atoms with E-state index in [0.717, 1.165) is 22.2 Å². The molecule has 0 aliphatic carbocycles. The fraction of sp³-hybridized carbons (Fsp3) is 0.588. The van der Waals surface area contributed by atoms with Crippen LogP contribution in [-0.2, 0) is 21.1 Å². The Morgan fingerprint density at radius 3 is 2.71 bits per heavy atom. The summed E-state index contributed by atoms with van der Waals surface area (Å²) in [5.41, 5.74) is 1.07. The number of rotatable bonds is 5. The van der Waals surface area contributed by atoms with Gasteiger partial charge in [-0.1, -0.05) is 6.07 Å². The normalized spacial score (nSPS) is 19.0. The monoisotopic (exact) mass is 417 g/mol. The molecule has 1 aliphatic heterocycles. The molecule has 5 nitrogen and oxygen atoms in total. The number of hydrogen-bond donors (Lipinski definition) is 0. The Kier molecular flexibility index (Phi) is 6.69. The van der Waals surface area contributed by atoms with E-state index in [9.17, 15) is 13.2 Å². The second-order valence-corrected chi connectivity index (χ2v) is 9.41. The van der Waals surface area contributed by atoms with Crippen LogP contribution in [-0.4, -0.2) is 50.9 Å². The SMILES string of the molecule is COc1ccc(CCC(=O)N2CCCC(S(C)(=O)=O)CC2)cc1Br. The van der Waals surface area contributed by atoms with Crippen molar-refractivity contribution in [1.82, 2.24) is 4.90 Å². The van der Waals surface area contributed by atoms with Crippen molar-refractivity contribution in [3.8, 4) is 5.75 Å². The van der Waals surface area contributed by atoms with Gasteiger partial charge in [0.15, 0.2) is 0 Å². The highest BCUT2D eigenvalue weighted by Gasteiger charge is 2.26. The van der Waals surface area contributed by atoms with Gasteiger partial charge in [0, 0.05) is 25.8 Å². The molecule has 1 aromatic carbocycles. The number of carbonyl (C=O) groups excluding carboxylic acids is 1. The molecule has 1 unspecified atom stereocenters. The second-order valence-electron chi connectivity index (χ2n) is 6.23. The molecule has 1 heterocycles. The molecule has 0 saturated carbocycles. The lowest BCUT2D eigenvalue weighted by Gasteiger charge is -2.20. The molecule has 0 spiro atoms. The topological polar surface area (TPSA) is 63.7 Å². The number of hydrogen-bond acceptors (Lipinski definition) is 4. The molecule has 7 heteroatoms. The standard InChI is InChI=1S/C17H24BrNO4S/c1-23-16-7-5-13(12-15(16)18)6-8-17(20)19-10-3-4-14(9-11-19)24(2,21)22/h5,7,12,14H,3-4,6,8-11H2,1-2H3. The first-order chi connectivity index (χ1) is 11.3. The zero-order valence-electron chi connectivity index (χ0n) is 14.1. The van der Waals surface area contributed by atoms with E-state index in [1.807, 2.05) is 23.1 Å². The highest BCUT2D eigenvalue weighted by atomic mass is 79.9.